The van der Waals surface area contributed by atoms with Crippen LogP contribution >= 0.6 is 0 Å². The van der Waals surface area contributed by atoms with Crippen LogP contribution in [0.3, 0.4) is 0 Å². The van der Waals surface area contributed by atoms with Crippen molar-refractivity contribution < 1.29 is 4.74 Å². The Hall–Kier alpha value is -3.78. The molecule has 1 atom stereocenters. The molecule has 1 aliphatic rings. The van der Waals surface area contributed by atoms with Crippen LogP contribution in [-0.2, 0) is 5.41 Å². The quantitative estimate of drug-likeness (QED) is 0.344. The molecule has 0 radical (unpaired) electrons. The van der Waals surface area contributed by atoms with Crippen molar-refractivity contribution in [1.29, 1.82) is 0 Å². The van der Waals surface area contributed by atoms with Crippen LogP contribution in [0.15, 0.2) is 115 Å². The lowest BCUT2D eigenvalue weighted by Gasteiger charge is -2.43. The van der Waals surface area contributed by atoms with E-state index in [2.05, 4.69) is 121 Å². The lowest BCUT2D eigenvalue weighted by Crippen LogP contribution is -2.46. The van der Waals surface area contributed by atoms with Crippen LogP contribution in [-0.4, -0.2) is 12.6 Å². The zero-order valence-electron chi connectivity index (χ0n) is 18.2. The number of ether oxygens (including phenoxy) is 1. The zero-order valence-corrected chi connectivity index (χ0v) is 18.2. The van der Waals surface area contributed by atoms with Crippen molar-refractivity contribution in [3.05, 3.63) is 138 Å². The van der Waals surface area contributed by atoms with Gasteiger partial charge >= 0.3 is 0 Å². The van der Waals surface area contributed by atoms with Gasteiger partial charge in [0, 0.05) is 11.3 Å². The molecule has 1 heterocycles. The molecule has 2 nitrogen and oxygen atoms in total. The van der Waals surface area contributed by atoms with Crippen LogP contribution in [0.1, 0.15) is 29.2 Å². The zero-order chi connectivity index (χ0) is 21.8. The van der Waals surface area contributed by atoms with Crippen molar-refractivity contribution in [2.45, 2.75) is 18.4 Å². The number of benzene rings is 4. The van der Waals surface area contributed by atoms with E-state index in [-0.39, 0.29) is 6.04 Å². The average Bonchev–Trinajstić information content (AvgIpc) is 2.87. The first-order valence-electron chi connectivity index (χ1n) is 11.2. The average molecular weight is 418 g/mol. The van der Waals surface area contributed by atoms with Gasteiger partial charge in [-0.2, -0.15) is 0 Å². The molecule has 1 unspecified atom stereocenters. The maximum Gasteiger partial charge on any atom is 0.120 e. The fraction of sp³-hybridized carbons (Fsp3) is 0.133. The van der Waals surface area contributed by atoms with Crippen molar-refractivity contribution in [3.63, 3.8) is 0 Å². The first-order chi connectivity index (χ1) is 15.8. The molecule has 0 fully saturated rings. The van der Waals surface area contributed by atoms with Crippen LogP contribution in [0.5, 0.6) is 5.75 Å². The molecule has 0 bridgehead atoms. The summed E-state index contributed by atoms with van der Waals surface area (Å²) in [6.45, 7) is 2.68. The SMILES string of the molecule is CCOc1ccc2c(c1)C=CC(C(c1ccccc1)(c1ccccc1)c1ccccc1)N2. The van der Waals surface area contributed by atoms with E-state index in [1.54, 1.807) is 0 Å². The van der Waals surface area contributed by atoms with E-state index >= 15 is 0 Å². The van der Waals surface area contributed by atoms with Crippen molar-refractivity contribution in [3.8, 4) is 5.75 Å². The third-order valence-electron chi connectivity index (χ3n) is 6.27. The molecule has 32 heavy (non-hydrogen) atoms. The summed E-state index contributed by atoms with van der Waals surface area (Å²) in [6, 6.07) is 38.8. The second-order valence-electron chi connectivity index (χ2n) is 8.07. The molecule has 0 saturated carbocycles. The largest absolute Gasteiger partial charge is 0.494 e. The van der Waals surface area contributed by atoms with Gasteiger partial charge in [-0.3, -0.25) is 0 Å². The molecule has 158 valence electrons. The molecule has 0 spiro atoms. The van der Waals surface area contributed by atoms with Crippen LogP contribution in [0.4, 0.5) is 5.69 Å². The van der Waals surface area contributed by atoms with Crippen molar-refractivity contribution in [1.82, 2.24) is 0 Å². The van der Waals surface area contributed by atoms with Crippen LogP contribution in [0, 0.1) is 0 Å². The minimum atomic E-state index is -0.392. The third kappa shape index (κ3) is 3.48. The Morgan fingerprint density at radius 3 is 1.75 bits per heavy atom. The highest BCUT2D eigenvalue weighted by atomic mass is 16.5. The molecule has 2 heteroatoms. The van der Waals surface area contributed by atoms with Gasteiger partial charge in [-0.25, -0.2) is 0 Å². The summed E-state index contributed by atoms with van der Waals surface area (Å²) in [4.78, 5) is 0. The predicted molar refractivity (Wildman–Crippen MR) is 133 cm³/mol. The summed E-state index contributed by atoms with van der Waals surface area (Å²) in [5, 5.41) is 3.86. The van der Waals surface area contributed by atoms with Gasteiger partial charge in [0.05, 0.1) is 18.1 Å². The molecule has 0 amide bonds. The number of nitrogens with one attached hydrogen (secondary N) is 1. The van der Waals surface area contributed by atoms with E-state index in [1.807, 2.05) is 13.0 Å². The Morgan fingerprint density at radius 2 is 1.25 bits per heavy atom. The van der Waals surface area contributed by atoms with Gasteiger partial charge in [0.25, 0.3) is 0 Å². The summed E-state index contributed by atoms with van der Waals surface area (Å²) < 4.78 is 5.71. The van der Waals surface area contributed by atoms with Gasteiger partial charge < -0.3 is 10.1 Å². The Bertz CT molecular complexity index is 1100. The van der Waals surface area contributed by atoms with Gasteiger partial charge in [0.1, 0.15) is 5.75 Å². The topological polar surface area (TPSA) is 21.3 Å². The Morgan fingerprint density at radius 1 is 0.719 bits per heavy atom. The van der Waals surface area contributed by atoms with E-state index < -0.39 is 5.41 Å². The number of fused-ring (bicyclic) bond motifs is 1. The van der Waals surface area contributed by atoms with Gasteiger partial charge in [-0.15, -0.1) is 0 Å². The number of rotatable bonds is 6. The standard InChI is InChI=1S/C30H27NO/c1-2-32-27-19-20-28-23(22-27)18-21-29(31-28)30(24-12-6-3-7-13-24,25-14-8-4-9-15-25)26-16-10-5-11-17-26/h3-22,29,31H,2H2,1H3. The van der Waals surface area contributed by atoms with Crippen molar-refractivity contribution in [2.75, 3.05) is 11.9 Å². The smallest absolute Gasteiger partial charge is 0.120 e. The lowest BCUT2D eigenvalue weighted by molar-refractivity contribution is 0.340. The highest BCUT2D eigenvalue weighted by molar-refractivity contribution is 5.74. The first-order valence-corrected chi connectivity index (χ1v) is 11.2. The maximum atomic E-state index is 5.71. The number of anilines is 1. The maximum absolute atomic E-state index is 5.71. The molecular weight excluding hydrogens is 390 g/mol. The second-order valence-corrected chi connectivity index (χ2v) is 8.07. The molecule has 0 saturated heterocycles. The van der Waals surface area contributed by atoms with Crippen LogP contribution in [0.25, 0.3) is 6.08 Å². The predicted octanol–water partition coefficient (Wildman–Crippen LogP) is 6.93. The molecule has 1 aliphatic heterocycles. The molecule has 4 aromatic carbocycles. The minimum Gasteiger partial charge on any atom is -0.494 e. The van der Waals surface area contributed by atoms with Gasteiger partial charge in [0.2, 0.25) is 0 Å². The van der Waals surface area contributed by atoms with Gasteiger partial charge in [-0.05, 0) is 41.8 Å². The highest BCUT2D eigenvalue weighted by Crippen LogP contribution is 2.45. The van der Waals surface area contributed by atoms with E-state index in [1.165, 1.54) is 16.7 Å². The second kappa shape index (κ2) is 8.76. The normalized spacial score (nSPS) is 15.0. The van der Waals surface area contributed by atoms with E-state index in [0.717, 1.165) is 17.0 Å². The number of hydrogen-bond acceptors (Lipinski definition) is 2. The Labute approximate surface area is 190 Å². The number of hydrogen-bond donors (Lipinski definition) is 1. The summed E-state index contributed by atoms with van der Waals surface area (Å²) in [5.41, 5.74) is 5.65. The van der Waals surface area contributed by atoms with Crippen molar-refractivity contribution in [2.24, 2.45) is 0 Å². The monoisotopic (exact) mass is 417 g/mol. The summed E-state index contributed by atoms with van der Waals surface area (Å²) in [5.74, 6) is 0.900. The van der Waals surface area contributed by atoms with Crippen LogP contribution in [0.2, 0.25) is 0 Å². The van der Waals surface area contributed by atoms with Gasteiger partial charge in [-0.1, -0.05) is 103 Å². The first kappa shape index (κ1) is 20.1. The molecule has 5 rings (SSSR count). The fourth-order valence-electron chi connectivity index (χ4n) is 4.88. The minimum absolute atomic E-state index is 0.0279. The summed E-state index contributed by atoms with van der Waals surface area (Å²) >= 11 is 0. The van der Waals surface area contributed by atoms with Gasteiger partial charge in [0.15, 0.2) is 0 Å². The fourth-order valence-corrected chi connectivity index (χ4v) is 4.88. The van der Waals surface area contributed by atoms with Crippen LogP contribution < -0.4 is 10.1 Å². The Kier molecular flexibility index (Phi) is 5.51. The van der Waals surface area contributed by atoms with E-state index in [9.17, 15) is 0 Å². The van der Waals surface area contributed by atoms with Crippen molar-refractivity contribution >= 4 is 11.8 Å². The van der Waals surface area contributed by atoms with E-state index in [4.69, 9.17) is 4.74 Å². The molecule has 4 aromatic rings. The molecule has 0 aliphatic carbocycles. The summed E-state index contributed by atoms with van der Waals surface area (Å²) in [6.07, 6.45) is 4.52. The lowest BCUT2D eigenvalue weighted by atomic mass is 9.64. The molecule has 0 aromatic heterocycles. The van der Waals surface area contributed by atoms with E-state index in [0.29, 0.717) is 6.61 Å². The molecular formula is C30H27NO. The highest BCUT2D eigenvalue weighted by Gasteiger charge is 2.43. The Balaban J connectivity index is 1.71. The molecule has 1 N–H and O–H groups in total. The summed E-state index contributed by atoms with van der Waals surface area (Å²) in [7, 11) is 0. The third-order valence-corrected chi connectivity index (χ3v) is 6.27.